The Balaban J connectivity index is 1.81. The molecule has 4 rings (SSSR count). The monoisotopic (exact) mass is 757 g/mol. The zero-order chi connectivity index (χ0) is 36.0. The highest BCUT2D eigenvalue weighted by Gasteiger charge is 2.73. The van der Waals surface area contributed by atoms with Gasteiger partial charge in [-0.1, -0.05) is 6.07 Å². The van der Waals surface area contributed by atoms with Gasteiger partial charge in [0.25, 0.3) is 11.8 Å². The predicted octanol–water partition coefficient (Wildman–Crippen LogP) is 8.98. The Morgan fingerprint density at radius 1 is 0.917 bits per heavy atom. The molecular weight excluding hydrogens is 739 g/mol. The Morgan fingerprint density at radius 2 is 1.50 bits per heavy atom. The molecule has 0 radical (unpaired) electrons. The quantitative estimate of drug-likeness (QED) is 0.215. The van der Waals surface area contributed by atoms with E-state index in [9.17, 15) is 53.5 Å². The summed E-state index contributed by atoms with van der Waals surface area (Å²) < 4.78 is 154. The molecule has 1 saturated carbocycles. The van der Waals surface area contributed by atoms with Crippen molar-refractivity contribution in [2.75, 3.05) is 23.4 Å². The van der Waals surface area contributed by atoms with E-state index in [1.165, 1.54) is 24.3 Å². The standard InChI is InChI=1S/C30H19BrF11N3O3/c1-44(24-20(31)11-18(12-22(24)48-30(40,41)42)27(33,28(34,35)36)29(37,38)39)26(47)19-3-2-4-21(23(19)32)45(14-16-5-6-16)25(46)17-9-7-15(13-43)8-10-17/h2-4,7-12,16H,5-6,14H2,1H3. The zero-order valence-corrected chi connectivity index (χ0v) is 25.6. The van der Waals surface area contributed by atoms with Crippen LogP contribution in [0.2, 0.25) is 0 Å². The Bertz CT molecular complexity index is 1750. The number of hydrogen-bond acceptors (Lipinski definition) is 4. The van der Waals surface area contributed by atoms with Gasteiger partial charge in [-0.3, -0.25) is 9.59 Å². The van der Waals surface area contributed by atoms with E-state index in [1.54, 1.807) is 0 Å². The van der Waals surface area contributed by atoms with Crippen LogP contribution in [0.3, 0.4) is 0 Å². The van der Waals surface area contributed by atoms with Gasteiger partial charge in [0.15, 0.2) is 11.6 Å². The zero-order valence-electron chi connectivity index (χ0n) is 24.0. The van der Waals surface area contributed by atoms with E-state index in [0.717, 1.165) is 23.1 Å². The van der Waals surface area contributed by atoms with E-state index in [1.807, 2.05) is 6.07 Å². The molecule has 0 aromatic heterocycles. The van der Waals surface area contributed by atoms with Crippen LogP contribution in [0.25, 0.3) is 0 Å². The minimum atomic E-state index is -6.70. The van der Waals surface area contributed by atoms with Crippen molar-refractivity contribution in [3.63, 3.8) is 0 Å². The van der Waals surface area contributed by atoms with Crippen molar-refractivity contribution in [3.05, 3.63) is 87.1 Å². The Kier molecular flexibility index (Phi) is 9.79. The number of nitriles is 1. The third kappa shape index (κ3) is 7.20. The van der Waals surface area contributed by atoms with Crippen LogP contribution in [0.15, 0.2) is 59.1 Å². The topological polar surface area (TPSA) is 73.6 Å². The molecule has 2 amide bonds. The van der Waals surface area contributed by atoms with Gasteiger partial charge in [0.2, 0.25) is 0 Å². The summed E-state index contributed by atoms with van der Waals surface area (Å²) in [6.45, 7) is -0.0107. The van der Waals surface area contributed by atoms with Gasteiger partial charge in [-0.25, -0.2) is 8.78 Å². The van der Waals surface area contributed by atoms with Crippen LogP contribution < -0.4 is 14.5 Å². The molecule has 0 aliphatic heterocycles. The van der Waals surface area contributed by atoms with Crippen LogP contribution in [0.1, 0.15) is 44.7 Å². The number of alkyl halides is 10. The molecule has 6 nitrogen and oxygen atoms in total. The van der Waals surface area contributed by atoms with E-state index >= 15 is 4.39 Å². The smallest absolute Gasteiger partial charge is 0.403 e. The lowest BCUT2D eigenvalue weighted by molar-refractivity contribution is -0.348. The Morgan fingerprint density at radius 3 is 2.00 bits per heavy atom. The van der Waals surface area contributed by atoms with Crippen LogP contribution in [-0.4, -0.2) is 44.1 Å². The molecule has 1 aliphatic rings. The van der Waals surface area contributed by atoms with Crippen molar-refractivity contribution in [1.82, 2.24) is 0 Å². The number of nitrogens with zero attached hydrogens (tertiary/aromatic N) is 3. The van der Waals surface area contributed by atoms with E-state index in [2.05, 4.69) is 20.7 Å². The summed E-state index contributed by atoms with van der Waals surface area (Å²) in [6.07, 6.45) is -17.8. The number of hydrogen-bond donors (Lipinski definition) is 0. The SMILES string of the molecule is CN(C(=O)c1cccc(N(CC2CC2)C(=O)c2ccc(C#N)cc2)c1F)c1c(Br)cc(C(F)(C(F)(F)F)C(F)(F)F)cc1OC(F)(F)F. The third-order valence-electron chi connectivity index (χ3n) is 7.22. The van der Waals surface area contributed by atoms with Gasteiger partial charge in [0.05, 0.1) is 22.9 Å². The maximum Gasteiger partial charge on any atom is 0.573 e. The number of carbonyl (C=O) groups excluding carboxylic acids is 2. The lowest BCUT2D eigenvalue weighted by Crippen LogP contribution is -2.50. The molecule has 256 valence electrons. The number of amides is 2. The molecule has 0 N–H and O–H groups in total. The maximum atomic E-state index is 16.1. The van der Waals surface area contributed by atoms with Gasteiger partial charge >= 0.3 is 24.4 Å². The lowest BCUT2D eigenvalue weighted by Gasteiger charge is -2.32. The second-order valence-electron chi connectivity index (χ2n) is 10.6. The summed E-state index contributed by atoms with van der Waals surface area (Å²) in [6, 6.07) is 9.66. The summed E-state index contributed by atoms with van der Waals surface area (Å²) in [4.78, 5) is 28.2. The van der Waals surface area contributed by atoms with Gasteiger partial charge in [-0.05, 0) is 83.2 Å². The first-order chi connectivity index (χ1) is 22.1. The highest BCUT2D eigenvalue weighted by atomic mass is 79.9. The molecule has 0 bridgehead atoms. The molecule has 0 heterocycles. The van der Waals surface area contributed by atoms with E-state index in [-0.39, 0.29) is 34.6 Å². The van der Waals surface area contributed by atoms with E-state index in [0.29, 0.717) is 19.9 Å². The highest BCUT2D eigenvalue weighted by Crippen LogP contribution is 2.55. The molecule has 0 saturated heterocycles. The fraction of sp³-hybridized carbons (Fsp3) is 0.300. The Labute approximate surface area is 272 Å². The van der Waals surface area contributed by atoms with Crippen LogP contribution >= 0.6 is 15.9 Å². The number of halogens is 12. The van der Waals surface area contributed by atoms with Crippen molar-refractivity contribution >= 4 is 39.1 Å². The van der Waals surface area contributed by atoms with Crippen molar-refractivity contribution < 1.29 is 62.6 Å². The van der Waals surface area contributed by atoms with Crippen molar-refractivity contribution in [2.45, 2.75) is 37.2 Å². The molecule has 1 aliphatic carbocycles. The fourth-order valence-electron chi connectivity index (χ4n) is 4.66. The normalized spacial score (nSPS) is 13.9. The van der Waals surface area contributed by atoms with E-state index < -0.39 is 80.8 Å². The Hall–Kier alpha value is -4.40. The maximum absolute atomic E-state index is 16.1. The molecule has 3 aromatic rings. The highest BCUT2D eigenvalue weighted by molar-refractivity contribution is 9.10. The number of carbonyl (C=O) groups is 2. The summed E-state index contributed by atoms with van der Waals surface area (Å²) >= 11 is 2.51. The average molecular weight is 758 g/mol. The van der Waals surface area contributed by atoms with Crippen molar-refractivity contribution in [2.24, 2.45) is 5.92 Å². The summed E-state index contributed by atoms with van der Waals surface area (Å²) in [5.41, 5.74) is -10.7. The summed E-state index contributed by atoms with van der Waals surface area (Å²) in [5, 5.41) is 9.03. The molecule has 0 spiro atoms. The molecule has 3 aromatic carbocycles. The summed E-state index contributed by atoms with van der Waals surface area (Å²) in [5.74, 6) is -5.46. The largest absolute Gasteiger partial charge is 0.573 e. The second-order valence-corrected chi connectivity index (χ2v) is 11.4. The number of rotatable bonds is 8. The van der Waals surface area contributed by atoms with Gasteiger partial charge in [0.1, 0.15) is 5.69 Å². The van der Waals surface area contributed by atoms with Gasteiger partial charge in [-0.2, -0.15) is 31.6 Å². The lowest BCUT2D eigenvalue weighted by atomic mass is 9.93. The first-order valence-electron chi connectivity index (χ1n) is 13.4. The van der Waals surface area contributed by atoms with Crippen LogP contribution in [0.4, 0.5) is 59.7 Å². The van der Waals surface area contributed by atoms with Gasteiger partial charge < -0.3 is 14.5 Å². The number of benzene rings is 3. The molecule has 18 heteroatoms. The minimum Gasteiger partial charge on any atom is -0.403 e. The fourth-order valence-corrected chi connectivity index (χ4v) is 5.36. The number of anilines is 2. The molecule has 0 atom stereocenters. The van der Waals surface area contributed by atoms with Crippen molar-refractivity contribution in [3.8, 4) is 11.8 Å². The van der Waals surface area contributed by atoms with Gasteiger partial charge in [0, 0.05) is 29.2 Å². The van der Waals surface area contributed by atoms with Crippen LogP contribution in [-0.2, 0) is 5.67 Å². The molecule has 48 heavy (non-hydrogen) atoms. The molecular formula is C30H19BrF11N3O3. The van der Waals surface area contributed by atoms with Gasteiger partial charge in [-0.15, -0.1) is 13.2 Å². The second kappa shape index (κ2) is 12.9. The molecule has 0 unspecified atom stereocenters. The third-order valence-corrected chi connectivity index (χ3v) is 7.82. The summed E-state index contributed by atoms with van der Waals surface area (Å²) in [7, 11) is 0.706. The average Bonchev–Trinajstić information content (AvgIpc) is 3.81. The number of ether oxygens (including phenoxy) is 1. The first kappa shape index (κ1) is 36.4. The first-order valence-corrected chi connectivity index (χ1v) is 14.2. The predicted molar refractivity (Wildman–Crippen MR) is 150 cm³/mol. The minimum absolute atomic E-state index is 0.0107. The van der Waals surface area contributed by atoms with E-state index in [4.69, 9.17) is 5.26 Å². The van der Waals surface area contributed by atoms with Crippen LogP contribution in [0, 0.1) is 23.1 Å². The molecule has 1 fully saturated rings. The van der Waals surface area contributed by atoms with Crippen LogP contribution in [0.5, 0.6) is 5.75 Å². The van der Waals surface area contributed by atoms with Crippen molar-refractivity contribution in [1.29, 1.82) is 5.26 Å².